The summed E-state index contributed by atoms with van der Waals surface area (Å²) in [5, 5.41) is 3.34. The molecule has 0 spiro atoms. The molecule has 4 nitrogen and oxygen atoms in total. The van der Waals surface area contributed by atoms with E-state index in [1.165, 1.54) is 0 Å². The van der Waals surface area contributed by atoms with Crippen LogP contribution >= 0.6 is 15.9 Å². The number of nitrogens with one attached hydrogen (secondary N) is 1. The predicted octanol–water partition coefficient (Wildman–Crippen LogP) is 4.12. The van der Waals surface area contributed by atoms with E-state index < -0.39 is 0 Å². The van der Waals surface area contributed by atoms with Crippen molar-refractivity contribution in [3.05, 3.63) is 40.7 Å². The van der Waals surface area contributed by atoms with Gasteiger partial charge in [-0.05, 0) is 48.8 Å². The molecule has 0 saturated carbocycles. The minimum Gasteiger partial charge on any atom is -0.417 e. The Morgan fingerprint density at radius 1 is 1.32 bits per heavy atom. The molecule has 0 aliphatic carbocycles. The number of hydrogen-bond donors (Lipinski definition) is 1. The molecule has 1 heterocycles. The maximum atomic E-state index is 5.57. The minimum atomic E-state index is 0.0441. The first kappa shape index (κ1) is 14.1. The number of halogens is 1. The normalized spacial score (nSPS) is 11.6. The number of ether oxygens (including phenoxy) is 1. The van der Waals surface area contributed by atoms with Crippen molar-refractivity contribution >= 4 is 15.9 Å². The number of hydrogen-bond acceptors (Lipinski definition) is 4. The zero-order chi connectivity index (χ0) is 13.9. The molecule has 1 aromatic heterocycles. The minimum absolute atomic E-state index is 0.0441. The first-order valence-electron chi connectivity index (χ1n) is 6.06. The van der Waals surface area contributed by atoms with Crippen molar-refractivity contribution < 1.29 is 9.15 Å². The fraction of sp³-hybridized carbons (Fsp3) is 0.357. The van der Waals surface area contributed by atoms with Gasteiger partial charge in [0.1, 0.15) is 12.0 Å². The van der Waals surface area contributed by atoms with E-state index in [-0.39, 0.29) is 11.6 Å². The van der Waals surface area contributed by atoms with Crippen molar-refractivity contribution in [2.24, 2.45) is 0 Å². The zero-order valence-corrected chi connectivity index (χ0v) is 12.8. The summed E-state index contributed by atoms with van der Waals surface area (Å²) in [5.74, 6) is 0.680. The van der Waals surface area contributed by atoms with Crippen molar-refractivity contribution in [2.45, 2.75) is 32.9 Å². The van der Waals surface area contributed by atoms with Crippen LogP contribution in [0.3, 0.4) is 0 Å². The Morgan fingerprint density at radius 3 is 2.74 bits per heavy atom. The van der Waals surface area contributed by atoms with E-state index in [2.05, 4.69) is 47.0 Å². The molecule has 19 heavy (non-hydrogen) atoms. The lowest BCUT2D eigenvalue weighted by Crippen LogP contribution is -2.35. The van der Waals surface area contributed by atoms with Crippen LogP contribution in [0.25, 0.3) is 0 Å². The SMILES string of the molecule is CC(C)(C)NCc1coc(Oc2ccccc2Br)n1. The van der Waals surface area contributed by atoms with Gasteiger partial charge in [0.05, 0.1) is 10.2 Å². The summed E-state index contributed by atoms with van der Waals surface area (Å²) >= 11 is 3.41. The van der Waals surface area contributed by atoms with Gasteiger partial charge in [0.25, 0.3) is 0 Å². The summed E-state index contributed by atoms with van der Waals surface area (Å²) < 4.78 is 11.7. The summed E-state index contributed by atoms with van der Waals surface area (Å²) in [4.78, 5) is 4.28. The molecule has 2 rings (SSSR count). The fourth-order valence-electron chi connectivity index (χ4n) is 1.39. The molecule has 0 unspecified atom stereocenters. The molecule has 0 saturated heterocycles. The first-order valence-corrected chi connectivity index (χ1v) is 6.85. The topological polar surface area (TPSA) is 47.3 Å². The molecule has 0 bridgehead atoms. The first-order chi connectivity index (χ1) is 8.94. The molecular formula is C14H17BrN2O2. The second-order valence-corrected chi connectivity index (χ2v) is 6.10. The van der Waals surface area contributed by atoms with Gasteiger partial charge in [0.15, 0.2) is 0 Å². The van der Waals surface area contributed by atoms with Crippen LogP contribution in [0.4, 0.5) is 0 Å². The highest BCUT2D eigenvalue weighted by Crippen LogP contribution is 2.28. The van der Waals surface area contributed by atoms with Crippen LogP contribution in [0.1, 0.15) is 26.5 Å². The molecule has 1 N–H and O–H groups in total. The van der Waals surface area contributed by atoms with Crippen molar-refractivity contribution in [1.29, 1.82) is 0 Å². The standard InChI is InChI=1S/C14H17BrN2O2/c1-14(2,3)16-8-10-9-18-13(17-10)19-12-7-5-4-6-11(12)15/h4-7,9,16H,8H2,1-3H3. The quantitative estimate of drug-likeness (QED) is 0.919. The van der Waals surface area contributed by atoms with Crippen LogP contribution in [0.2, 0.25) is 0 Å². The lowest BCUT2D eigenvalue weighted by molar-refractivity contribution is 0.329. The maximum Gasteiger partial charge on any atom is 0.399 e. The van der Waals surface area contributed by atoms with Crippen LogP contribution in [-0.2, 0) is 6.54 Å². The average Bonchev–Trinajstić information content (AvgIpc) is 2.77. The fourth-order valence-corrected chi connectivity index (χ4v) is 1.76. The average molecular weight is 325 g/mol. The van der Waals surface area contributed by atoms with Crippen LogP contribution in [0.5, 0.6) is 11.8 Å². The highest BCUT2D eigenvalue weighted by molar-refractivity contribution is 9.10. The summed E-state index contributed by atoms with van der Waals surface area (Å²) in [6.07, 6.45) is 1.85. The highest BCUT2D eigenvalue weighted by atomic mass is 79.9. The molecule has 0 fully saturated rings. The molecule has 0 aliphatic heterocycles. The van der Waals surface area contributed by atoms with Gasteiger partial charge in [-0.25, -0.2) is 0 Å². The number of nitrogens with zero attached hydrogens (tertiary/aromatic N) is 1. The Labute approximate surface area is 121 Å². The van der Waals surface area contributed by atoms with Gasteiger partial charge in [-0.15, -0.1) is 0 Å². The van der Waals surface area contributed by atoms with Crippen molar-refractivity contribution in [1.82, 2.24) is 10.3 Å². The van der Waals surface area contributed by atoms with Crippen LogP contribution in [0.15, 0.2) is 39.4 Å². The van der Waals surface area contributed by atoms with Gasteiger partial charge < -0.3 is 14.5 Å². The van der Waals surface area contributed by atoms with Crippen LogP contribution in [0, 0.1) is 0 Å². The van der Waals surface area contributed by atoms with Crippen LogP contribution in [-0.4, -0.2) is 10.5 Å². The van der Waals surface area contributed by atoms with E-state index in [4.69, 9.17) is 9.15 Å². The second-order valence-electron chi connectivity index (χ2n) is 5.24. The van der Waals surface area contributed by atoms with Gasteiger partial charge in [0, 0.05) is 12.1 Å². The largest absolute Gasteiger partial charge is 0.417 e. The van der Waals surface area contributed by atoms with Crippen molar-refractivity contribution in [2.75, 3.05) is 0 Å². The summed E-state index contributed by atoms with van der Waals surface area (Å²) in [6, 6.07) is 7.57. The zero-order valence-electron chi connectivity index (χ0n) is 11.2. The van der Waals surface area contributed by atoms with Gasteiger partial charge in [0.2, 0.25) is 0 Å². The van der Waals surface area contributed by atoms with Gasteiger partial charge in [-0.3, -0.25) is 0 Å². The monoisotopic (exact) mass is 324 g/mol. The molecule has 0 atom stereocenters. The molecule has 2 aromatic rings. The molecule has 0 amide bonds. The van der Waals surface area contributed by atoms with Gasteiger partial charge in [-0.2, -0.15) is 4.98 Å². The van der Waals surface area contributed by atoms with Gasteiger partial charge >= 0.3 is 6.08 Å². The van der Waals surface area contributed by atoms with Crippen LogP contribution < -0.4 is 10.1 Å². The second kappa shape index (κ2) is 5.75. The Bertz CT molecular complexity index is 546. The summed E-state index contributed by atoms with van der Waals surface area (Å²) in [6.45, 7) is 6.95. The van der Waals surface area contributed by atoms with Gasteiger partial charge in [-0.1, -0.05) is 12.1 Å². The third kappa shape index (κ3) is 4.36. The number of para-hydroxylation sites is 1. The van der Waals surface area contributed by atoms with E-state index in [1.807, 2.05) is 24.3 Å². The lowest BCUT2D eigenvalue weighted by atomic mass is 10.1. The van der Waals surface area contributed by atoms with E-state index >= 15 is 0 Å². The summed E-state index contributed by atoms with van der Waals surface area (Å²) in [7, 11) is 0. The Balaban J connectivity index is 2.00. The lowest BCUT2D eigenvalue weighted by Gasteiger charge is -2.19. The van der Waals surface area contributed by atoms with E-state index in [0.717, 1.165) is 10.2 Å². The Morgan fingerprint density at radius 2 is 2.05 bits per heavy atom. The van der Waals surface area contributed by atoms with Crippen molar-refractivity contribution in [3.8, 4) is 11.8 Å². The third-order valence-corrected chi connectivity index (χ3v) is 3.02. The molecule has 0 aliphatic rings. The Hall–Kier alpha value is -1.33. The number of rotatable bonds is 4. The van der Waals surface area contributed by atoms with E-state index in [9.17, 15) is 0 Å². The molecule has 5 heteroatoms. The van der Waals surface area contributed by atoms with E-state index in [0.29, 0.717) is 12.3 Å². The number of oxazole rings is 1. The van der Waals surface area contributed by atoms with Crippen molar-refractivity contribution in [3.63, 3.8) is 0 Å². The predicted molar refractivity (Wildman–Crippen MR) is 77.3 cm³/mol. The maximum absolute atomic E-state index is 5.57. The highest BCUT2D eigenvalue weighted by Gasteiger charge is 2.12. The molecule has 0 radical (unpaired) electrons. The smallest absolute Gasteiger partial charge is 0.399 e. The molecule has 102 valence electrons. The number of aromatic nitrogens is 1. The molecule has 1 aromatic carbocycles. The Kier molecular flexibility index (Phi) is 4.27. The molecular weight excluding hydrogens is 308 g/mol. The summed E-state index contributed by atoms with van der Waals surface area (Å²) in [5.41, 5.74) is 0.861. The third-order valence-electron chi connectivity index (χ3n) is 2.36. The number of benzene rings is 1. The van der Waals surface area contributed by atoms with E-state index in [1.54, 1.807) is 6.26 Å².